The average molecular weight is 216 g/mol. The number of urea groups is 1. The van der Waals surface area contributed by atoms with E-state index in [0.29, 0.717) is 0 Å². The highest BCUT2D eigenvalue weighted by Gasteiger charge is 2.22. The molecule has 1 unspecified atom stereocenters. The largest absolute Gasteiger partial charge is 0.393 e. The third-order valence-corrected chi connectivity index (χ3v) is 2.60. The molecule has 3 N–H and O–H groups in total. The lowest BCUT2D eigenvalue weighted by atomic mass is 10.1. The molecule has 0 aromatic carbocycles. The monoisotopic (exact) mass is 216 g/mol. The van der Waals surface area contributed by atoms with E-state index in [4.69, 9.17) is 5.11 Å². The molecular formula is C10H20N2O3. The zero-order valence-electron chi connectivity index (χ0n) is 9.20. The second-order valence-corrected chi connectivity index (χ2v) is 4.36. The van der Waals surface area contributed by atoms with E-state index in [1.807, 2.05) is 0 Å². The molecule has 0 aromatic rings. The first kappa shape index (κ1) is 12.3. The van der Waals surface area contributed by atoms with E-state index in [2.05, 4.69) is 5.32 Å². The fraction of sp³-hybridized carbons (Fsp3) is 0.900. The lowest BCUT2D eigenvalue weighted by molar-refractivity contribution is 0.00384. The first-order valence-corrected chi connectivity index (χ1v) is 5.41. The molecule has 15 heavy (non-hydrogen) atoms. The van der Waals surface area contributed by atoms with Crippen molar-refractivity contribution in [2.24, 2.45) is 0 Å². The van der Waals surface area contributed by atoms with E-state index in [9.17, 15) is 9.90 Å². The number of nitrogens with one attached hydrogen (secondary N) is 1. The summed E-state index contributed by atoms with van der Waals surface area (Å²) in [6.45, 7) is 2.79. The Hall–Kier alpha value is -0.810. The minimum atomic E-state index is -1.23. The highest BCUT2D eigenvalue weighted by atomic mass is 16.3. The van der Waals surface area contributed by atoms with Crippen LogP contribution in [0.25, 0.3) is 0 Å². The Labute approximate surface area is 90.1 Å². The van der Waals surface area contributed by atoms with Crippen molar-refractivity contribution in [1.29, 1.82) is 0 Å². The molecule has 0 bridgehead atoms. The molecule has 1 atom stereocenters. The van der Waals surface area contributed by atoms with Crippen LogP contribution in [0.4, 0.5) is 4.79 Å². The molecule has 0 radical (unpaired) electrons. The lowest BCUT2D eigenvalue weighted by Crippen LogP contribution is -2.49. The second kappa shape index (κ2) is 5.32. The molecule has 5 nitrogen and oxygen atoms in total. The van der Waals surface area contributed by atoms with Crippen LogP contribution in [0.1, 0.15) is 26.2 Å². The van der Waals surface area contributed by atoms with Gasteiger partial charge in [-0.05, 0) is 26.2 Å². The second-order valence-electron chi connectivity index (χ2n) is 4.36. The molecule has 88 valence electrons. The van der Waals surface area contributed by atoms with Crippen LogP contribution in [0, 0.1) is 0 Å². The van der Waals surface area contributed by atoms with Gasteiger partial charge >= 0.3 is 6.03 Å². The highest BCUT2D eigenvalue weighted by Crippen LogP contribution is 2.08. The van der Waals surface area contributed by atoms with Gasteiger partial charge in [0.25, 0.3) is 0 Å². The summed E-state index contributed by atoms with van der Waals surface area (Å²) >= 11 is 0. The van der Waals surface area contributed by atoms with E-state index in [0.717, 1.165) is 25.9 Å². The van der Waals surface area contributed by atoms with Crippen LogP contribution in [0.15, 0.2) is 0 Å². The summed E-state index contributed by atoms with van der Waals surface area (Å²) in [4.78, 5) is 13.3. The van der Waals surface area contributed by atoms with Gasteiger partial charge in [-0.2, -0.15) is 0 Å². The molecule has 2 amide bonds. The number of aliphatic hydroxyl groups is 2. The fourth-order valence-corrected chi connectivity index (χ4v) is 1.53. The maximum absolute atomic E-state index is 11.6. The van der Waals surface area contributed by atoms with Crippen molar-refractivity contribution in [3.05, 3.63) is 0 Å². The molecule has 1 fully saturated rings. The minimum absolute atomic E-state index is 0.0822. The third kappa shape index (κ3) is 4.05. The number of aliphatic hydroxyl groups excluding tert-OH is 1. The van der Waals surface area contributed by atoms with Crippen LogP contribution in [-0.2, 0) is 0 Å². The summed E-state index contributed by atoms with van der Waals surface area (Å²) in [5.74, 6) is 0. The Morgan fingerprint density at radius 2 is 2.00 bits per heavy atom. The Bertz CT molecular complexity index is 213. The quantitative estimate of drug-likeness (QED) is 0.618. The van der Waals surface area contributed by atoms with Gasteiger partial charge in [-0.1, -0.05) is 0 Å². The maximum Gasteiger partial charge on any atom is 0.317 e. The number of carbonyl (C=O) groups is 1. The molecule has 1 aliphatic rings. The molecule has 5 heteroatoms. The van der Waals surface area contributed by atoms with Crippen LogP contribution < -0.4 is 5.32 Å². The van der Waals surface area contributed by atoms with E-state index in [1.54, 1.807) is 4.90 Å². The Balaban J connectivity index is 2.28. The molecule has 1 heterocycles. The summed E-state index contributed by atoms with van der Waals surface area (Å²) in [5, 5.41) is 20.9. The van der Waals surface area contributed by atoms with Gasteiger partial charge in [-0.25, -0.2) is 4.79 Å². The van der Waals surface area contributed by atoms with Crippen molar-refractivity contribution < 1.29 is 15.0 Å². The average Bonchev–Trinajstić information content (AvgIpc) is 2.27. The summed E-state index contributed by atoms with van der Waals surface area (Å²) in [6.07, 6.45) is 3.27. The lowest BCUT2D eigenvalue weighted by Gasteiger charge is -2.28. The molecule has 1 aliphatic heterocycles. The fourth-order valence-electron chi connectivity index (χ4n) is 1.53. The van der Waals surface area contributed by atoms with Gasteiger partial charge < -0.3 is 20.4 Å². The van der Waals surface area contributed by atoms with Gasteiger partial charge in [0.15, 0.2) is 0 Å². The Morgan fingerprint density at radius 1 is 1.40 bits per heavy atom. The third-order valence-electron chi connectivity index (χ3n) is 2.60. The van der Waals surface area contributed by atoms with Gasteiger partial charge in [0.2, 0.25) is 0 Å². The van der Waals surface area contributed by atoms with Gasteiger partial charge in [0.1, 0.15) is 5.60 Å². The zero-order chi connectivity index (χ0) is 11.3. The zero-order valence-corrected chi connectivity index (χ0v) is 9.20. The number of piperidine rings is 1. The van der Waals surface area contributed by atoms with Crippen LogP contribution >= 0.6 is 0 Å². The van der Waals surface area contributed by atoms with Crippen LogP contribution in [0.3, 0.4) is 0 Å². The van der Waals surface area contributed by atoms with Gasteiger partial charge in [-0.15, -0.1) is 0 Å². The van der Waals surface area contributed by atoms with Crippen LogP contribution in [0.2, 0.25) is 0 Å². The number of likely N-dealkylation sites (tertiary alicyclic amines) is 1. The van der Waals surface area contributed by atoms with E-state index in [-0.39, 0.29) is 19.2 Å². The van der Waals surface area contributed by atoms with Gasteiger partial charge in [-0.3, -0.25) is 0 Å². The van der Waals surface area contributed by atoms with E-state index >= 15 is 0 Å². The highest BCUT2D eigenvalue weighted by molar-refractivity contribution is 5.74. The van der Waals surface area contributed by atoms with Crippen molar-refractivity contribution in [2.75, 3.05) is 26.2 Å². The Morgan fingerprint density at radius 3 is 2.53 bits per heavy atom. The first-order chi connectivity index (χ1) is 7.05. The number of nitrogens with zero attached hydrogens (tertiary/aromatic N) is 1. The summed E-state index contributed by atoms with van der Waals surface area (Å²) in [5.41, 5.74) is -1.23. The van der Waals surface area contributed by atoms with Crippen molar-refractivity contribution in [1.82, 2.24) is 10.2 Å². The number of hydrogen-bond acceptors (Lipinski definition) is 3. The standard InChI is InChI=1S/C10H20N2O3/c1-10(15,8-13)7-11-9(14)12-5-3-2-4-6-12/h13,15H,2-8H2,1H3,(H,11,14). The van der Waals surface area contributed by atoms with E-state index in [1.165, 1.54) is 13.3 Å². The molecule has 0 spiro atoms. The molecule has 0 aliphatic carbocycles. The van der Waals surface area contributed by atoms with Crippen LogP contribution in [0.5, 0.6) is 0 Å². The molecule has 1 rings (SSSR count). The Kier molecular flexibility index (Phi) is 4.35. The maximum atomic E-state index is 11.6. The van der Waals surface area contributed by atoms with Gasteiger partial charge in [0.05, 0.1) is 13.2 Å². The number of hydrogen-bond donors (Lipinski definition) is 3. The first-order valence-electron chi connectivity index (χ1n) is 5.41. The topological polar surface area (TPSA) is 72.8 Å². The number of amides is 2. The van der Waals surface area contributed by atoms with Crippen molar-refractivity contribution >= 4 is 6.03 Å². The summed E-state index contributed by atoms with van der Waals surface area (Å²) < 4.78 is 0. The smallest absolute Gasteiger partial charge is 0.317 e. The van der Waals surface area contributed by atoms with Crippen molar-refractivity contribution in [3.8, 4) is 0 Å². The SMILES string of the molecule is CC(O)(CO)CNC(=O)N1CCCCC1. The summed E-state index contributed by atoms with van der Waals surface area (Å²) in [7, 11) is 0. The molecule has 0 saturated carbocycles. The predicted octanol–water partition coefficient (Wildman–Crippen LogP) is -0.0748. The van der Waals surface area contributed by atoms with Gasteiger partial charge in [0, 0.05) is 13.1 Å². The van der Waals surface area contributed by atoms with Crippen molar-refractivity contribution in [2.45, 2.75) is 31.8 Å². The number of carbonyl (C=O) groups excluding carboxylic acids is 1. The summed E-state index contributed by atoms with van der Waals surface area (Å²) in [6, 6.07) is -0.150. The predicted molar refractivity (Wildman–Crippen MR) is 56.5 cm³/mol. The molecule has 1 saturated heterocycles. The van der Waals surface area contributed by atoms with Crippen molar-refractivity contribution in [3.63, 3.8) is 0 Å². The normalized spacial score (nSPS) is 20.9. The number of rotatable bonds is 3. The minimum Gasteiger partial charge on any atom is -0.393 e. The van der Waals surface area contributed by atoms with E-state index < -0.39 is 5.60 Å². The molecular weight excluding hydrogens is 196 g/mol. The molecule has 0 aromatic heterocycles. The van der Waals surface area contributed by atoms with Crippen LogP contribution in [-0.4, -0.2) is 53.0 Å².